The number of thiazole rings is 1. The summed E-state index contributed by atoms with van der Waals surface area (Å²) in [5.74, 6) is -0.809. The maximum Gasteiger partial charge on any atom is 0.248 e. The zero-order valence-electron chi connectivity index (χ0n) is 17.8. The Balaban J connectivity index is 1.53. The summed E-state index contributed by atoms with van der Waals surface area (Å²) in [6.07, 6.45) is 2.01. The number of hydrogen-bond donors (Lipinski definition) is 0. The third-order valence-electron chi connectivity index (χ3n) is 5.81. The number of amides is 3. The summed E-state index contributed by atoms with van der Waals surface area (Å²) in [5, 5.41) is 0.627. The van der Waals surface area contributed by atoms with E-state index in [0.717, 1.165) is 66.4 Å². The molecule has 0 unspecified atom stereocenters. The minimum Gasteiger partial charge on any atom is -0.379 e. The van der Waals surface area contributed by atoms with Crippen molar-refractivity contribution in [3.63, 3.8) is 0 Å². The van der Waals surface area contributed by atoms with Crippen molar-refractivity contribution in [1.29, 1.82) is 0 Å². The van der Waals surface area contributed by atoms with Gasteiger partial charge in [0.1, 0.15) is 6.54 Å². The summed E-state index contributed by atoms with van der Waals surface area (Å²) in [5.41, 5.74) is 2.06. The molecule has 2 fully saturated rings. The van der Waals surface area contributed by atoms with E-state index < -0.39 is 0 Å². The fourth-order valence-electron chi connectivity index (χ4n) is 4.02. The summed E-state index contributed by atoms with van der Waals surface area (Å²) in [4.78, 5) is 47.1. The molecule has 166 valence electrons. The van der Waals surface area contributed by atoms with Gasteiger partial charge in [-0.1, -0.05) is 30.4 Å². The number of fused-ring (bicyclic) bond motifs is 1. The number of aromatic nitrogens is 1. The van der Waals surface area contributed by atoms with E-state index in [4.69, 9.17) is 9.72 Å². The van der Waals surface area contributed by atoms with Gasteiger partial charge in [-0.05, 0) is 24.5 Å². The summed E-state index contributed by atoms with van der Waals surface area (Å²) in [6.45, 7) is 6.49. The number of aryl methyl sites for hydroxylation is 1. The third-order valence-corrected chi connectivity index (χ3v) is 6.86. The van der Waals surface area contributed by atoms with E-state index >= 15 is 0 Å². The highest BCUT2D eigenvalue weighted by Gasteiger charge is 2.32. The van der Waals surface area contributed by atoms with Gasteiger partial charge < -0.3 is 4.74 Å². The number of rotatable bonds is 8. The van der Waals surface area contributed by atoms with Crippen molar-refractivity contribution in [2.24, 2.45) is 0 Å². The zero-order valence-corrected chi connectivity index (χ0v) is 18.7. The number of likely N-dealkylation sites (tertiary alicyclic amines) is 1. The molecule has 2 aliphatic heterocycles. The Morgan fingerprint density at radius 3 is 2.65 bits per heavy atom. The van der Waals surface area contributed by atoms with Crippen molar-refractivity contribution < 1.29 is 19.1 Å². The molecule has 1 aromatic heterocycles. The van der Waals surface area contributed by atoms with Crippen LogP contribution in [0, 0.1) is 0 Å². The number of hydrogen-bond acceptors (Lipinski definition) is 7. The van der Waals surface area contributed by atoms with Crippen LogP contribution in [0.15, 0.2) is 18.2 Å². The lowest BCUT2D eigenvalue weighted by molar-refractivity contribution is -0.141. The average Bonchev–Trinajstić information content (AvgIpc) is 3.35. The fourth-order valence-corrected chi connectivity index (χ4v) is 5.08. The van der Waals surface area contributed by atoms with Crippen LogP contribution >= 0.6 is 11.3 Å². The predicted octanol–water partition coefficient (Wildman–Crippen LogP) is 2.06. The second kappa shape index (κ2) is 9.84. The summed E-state index contributed by atoms with van der Waals surface area (Å²) >= 11 is 1.48. The van der Waals surface area contributed by atoms with Crippen LogP contribution in [-0.2, 0) is 25.5 Å². The van der Waals surface area contributed by atoms with E-state index in [2.05, 4.69) is 17.9 Å². The lowest BCUT2D eigenvalue weighted by Crippen LogP contribution is -2.44. The molecule has 31 heavy (non-hydrogen) atoms. The number of carbonyl (C=O) groups excluding carboxylic acids is 3. The van der Waals surface area contributed by atoms with E-state index in [1.165, 1.54) is 11.3 Å². The van der Waals surface area contributed by atoms with Gasteiger partial charge in [-0.25, -0.2) is 4.98 Å². The van der Waals surface area contributed by atoms with Crippen LogP contribution in [0.2, 0.25) is 0 Å². The number of nitrogens with zero attached hydrogens (tertiary/aromatic N) is 4. The summed E-state index contributed by atoms with van der Waals surface area (Å²) in [7, 11) is 0. The van der Waals surface area contributed by atoms with Crippen molar-refractivity contribution in [2.45, 2.75) is 32.6 Å². The zero-order chi connectivity index (χ0) is 21.8. The van der Waals surface area contributed by atoms with Gasteiger partial charge in [0.05, 0.1) is 23.4 Å². The van der Waals surface area contributed by atoms with Crippen molar-refractivity contribution >= 4 is 44.4 Å². The lowest BCUT2D eigenvalue weighted by Gasteiger charge is -2.28. The Bertz CT molecular complexity index is 954. The average molecular weight is 445 g/mol. The molecule has 0 atom stereocenters. The second-order valence-corrected chi connectivity index (χ2v) is 8.85. The van der Waals surface area contributed by atoms with Crippen LogP contribution < -0.4 is 4.90 Å². The molecular weight excluding hydrogens is 416 g/mol. The number of benzene rings is 1. The molecule has 0 spiro atoms. The predicted molar refractivity (Wildman–Crippen MR) is 119 cm³/mol. The van der Waals surface area contributed by atoms with Crippen LogP contribution in [-0.4, -0.2) is 78.4 Å². The molecule has 0 N–H and O–H groups in total. The number of ether oxygens (including phenoxy) is 1. The first-order valence-corrected chi connectivity index (χ1v) is 11.7. The molecule has 0 radical (unpaired) electrons. The molecule has 2 saturated heterocycles. The highest BCUT2D eigenvalue weighted by atomic mass is 32.1. The summed E-state index contributed by atoms with van der Waals surface area (Å²) in [6, 6.07) is 6.08. The van der Waals surface area contributed by atoms with Gasteiger partial charge in [-0.15, -0.1) is 0 Å². The van der Waals surface area contributed by atoms with E-state index in [1.807, 2.05) is 12.1 Å². The van der Waals surface area contributed by atoms with Gasteiger partial charge in [-0.2, -0.15) is 0 Å². The SMILES string of the molecule is CCc1cccc2sc(N(CCCN3CCOCC3)C(=O)CN3C(=O)CCC3=O)nc12. The van der Waals surface area contributed by atoms with Gasteiger partial charge >= 0.3 is 0 Å². The van der Waals surface area contributed by atoms with E-state index in [0.29, 0.717) is 11.7 Å². The molecule has 4 rings (SSSR count). The van der Waals surface area contributed by atoms with Gasteiger partial charge in [-0.3, -0.25) is 29.1 Å². The molecule has 8 nitrogen and oxygen atoms in total. The first-order chi connectivity index (χ1) is 15.1. The van der Waals surface area contributed by atoms with Crippen LogP contribution in [0.1, 0.15) is 31.7 Å². The molecular formula is C22H28N4O4S. The van der Waals surface area contributed by atoms with Gasteiger partial charge in [0.2, 0.25) is 17.7 Å². The Labute approximate surface area is 185 Å². The minimum atomic E-state index is -0.274. The lowest BCUT2D eigenvalue weighted by atomic mass is 10.1. The van der Waals surface area contributed by atoms with Crippen LogP contribution in [0.4, 0.5) is 5.13 Å². The number of morpholine rings is 1. The number of imide groups is 1. The van der Waals surface area contributed by atoms with Crippen molar-refractivity contribution in [3.8, 4) is 0 Å². The first-order valence-electron chi connectivity index (χ1n) is 10.9. The number of para-hydroxylation sites is 1. The minimum absolute atomic E-state index is 0.185. The Kier molecular flexibility index (Phi) is 6.94. The van der Waals surface area contributed by atoms with E-state index in [-0.39, 0.29) is 37.1 Å². The normalized spacial score (nSPS) is 17.6. The van der Waals surface area contributed by atoms with E-state index in [1.54, 1.807) is 4.90 Å². The maximum atomic E-state index is 13.2. The Morgan fingerprint density at radius 1 is 1.19 bits per heavy atom. The first kappa shape index (κ1) is 21.9. The topological polar surface area (TPSA) is 83.0 Å². The molecule has 0 saturated carbocycles. The smallest absolute Gasteiger partial charge is 0.248 e. The van der Waals surface area contributed by atoms with Crippen molar-refractivity contribution in [1.82, 2.24) is 14.8 Å². The van der Waals surface area contributed by atoms with Crippen LogP contribution in [0.25, 0.3) is 10.2 Å². The van der Waals surface area contributed by atoms with E-state index in [9.17, 15) is 14.4 Å². The standard InChI is InChI=1S/C22H28N4O4S/c1-2-16-5-3-6-17-21(16)23-22(31-17)25(10-4-9-24-11-13-30-14-12-24)20(29)15-26-18(27)7-8-19(26)28/h3,5-6H,2,4,7-15H2,1H3. The quantitative estimate of drug-likeness (QED) is 0.580. The molecule has 0 aliphatic carbocycles. The molecule has 0 bridgehead atoms. The molecule has 1 aromatic carbocycles. The Morgan fingerprint density at radius 2 is 1.94 bits per heavy atom. The highest BCUT2D eigenvalue weighted by molar-refractivity contribution is 7.22. The maximum absolute atomic E-state index is 13.2. The molecule has 2 aliphatic rings. The number of carbonyl (C=O) groups is 3. The Hall–Kier alpha value is -2.36. The highest BCUT2D eigenvalue weighted by Crippen LogP contribution is 2.31. The molecule has 3 heterocycles. The molecule has 9 heteroatoms. The van der Waals surface area contributed by atoms with Gasteiger partial charge in [0.15, 0.2) is 5.13 Å². The second-order valence-electron chi connectivity index (χ2n) is 7.84. The van der Waals surface area contributed by atoms with Gasteiger partial charge in [0, 0.05) is 39.0 Å². The van der Waals surface area contributed by atoms with Crippen LogP contribution in [0.5, 0.6) is 0 Å². The molecule has 3 amide bonds. The monoisotopic (exact) mass is 444 g/mol. The summed E-state index contributed by atoms with van der Waals surface area (Å²) < 4.78 is 6.44. The number of anilines is 1. The van der Waals surface area contributed by atoms with Gasteiger partial charge in [0.25, 0.3) is 0 Å². The fraction of sp³-hybridized carbons (Fsp3) is 0.545. The van der Waals surface area contributed by atoms with Crippen LogP contribution in [0.3, 0.4) is 0 Å². The largest absolute Gasteiger partial charge is 0.379 e. The third kappa shape index (κ3) is 4.94. The van der Waals surface area contributed by atoms with Crippen molar-refractivity contribution in [2.75, 3.05) is 50.8 Å². The van der Waals surface area contributed by atoms with Crippen molar-refractivity contribution in [3.05, 3.63) is 23.8 Å². The molecule has 2 aromatic rings.